The minimum absolute atomic E-state index is 0.000875. The predicted molar refractivity (Wildman–Crippen MR) is 91.1 cm³/mol. The van der Waals surface area contributed by atoms with Gasteiger partial charge in [-0.15, -0.1) is 0 Å². The van der Waals surface area contributed by atoms with Crippen LogP contribution in [0.15, 0.2) is 48.5 Å². The van der Waals surface area contributed by atoms with Crippen molar-refractivity contribution in [2.24, 2.45) is 0 Å². The highest BCUT2D eigenvalue weighted by atomic mass is 32.2. The second-order valence-electron chi connectivity index (χ2n) is 5.33. The first kappa shape index (κ1) is 18.6. The van der Waals surface area contributed by atoms with Crippen molar-refractivity contribution >= 4 is 20.2 Å². The van der Waals surface area contributed by atoms with Crippen molar-refractivity contribution in [1.29, 1.82) is 0 Å². The highest BCUT2D eigenvalue weighted by Gasteiger charge is 2.05. The molecule has 0 bridgehead atoms. The van der Waals surface area contributed by atoms with Gasteiger partial charge in [0.25, 0.3) is 20.2 Å². The summed E-state index contributed by atoms with van der Waals surface area (Å²) in [5, 5.41) is 0. The fourth-order valence-electron chi connectivity index (χ4n) is 1.94. The number of hydrogen-bond acceptors (Lipinski definition) is 6. The monoisotopic (exact) mass is 370 g/mol. The van der Waals surface area contributed by atoms with Crippen LogP contribution in [0.1, 0.15) is 11.1 Å². The highest BCUT2D eigenvalue weighted by molar-refractivity contribution is 7.86. The Bertz CT molecular complexity index is 805. The van der Waals surface area contributed by atoms with E-state index in [1.54, 1.807) is 24.3 Å². The fraction of sp³-hybridized carbons (Fsp3) is 0.250. The molecule has 0 aliphatic rings. The summed E-state index contributed by atoms with van der Waals surface area (Å²) in [4.78, 5) is 0. The normalized spacial score (nSPS) is 12.2. The van der Waals surface area contributed by atoms with Crippen molar-refractivity contribution in [1.82, 2.24) is 0 Å². The van der Waals surface area contributed by atoms with E-state index >= 15 is 0 Å². The molecule has 0 fully saturated rings. The molecule has 0 aromatic heterocycles. The molecule has 0 saturated carbocycles. The highest BCUT2D eigenvalue weighted by Crippen LogP contribution is 2.21. The Morgan fingerprint density at radius 1 is 0.625 bits per heavy atom. The zero-order valence-corrected chi connectivity index (χ0v) is 14.9. The van der Waals surface area contributed by atoms with Gasteiger partial charge in [-0.1, -0.05) is 48.5 Å². The van der Waals surface area contributed by atoms with Crippen LogP contribution in [0.4, 0.5) is 0 Å². The predicted octanol–water partition coefficient (Wildman–Crippen LogP) is 2.31. The summed E-state index contributed by atoms with van der Waals surface area (Å²) in [6, 6.07) is 14.6. The molecule has 0 heterocycles. The fourth-order valence-corrected chi connectivity index (χ4v) is 2.64. The zero-order valence-electron chi connectivity index (χ0n) is 13.3. The summed E-state index contributed by atoms with van der Waals surface area (Å²) < 4.78 is 53.4. The molecule has 6 nitrogen and oxygen atoms in total. The van der Waals surface area contributed by atoms with E-state index in [4.69, 9.17) is 8.37 Å². The number of rotatable bonds is 7. The smallest absolute Gasteiger partial charge is 0.264 e. The second kappa shape index (κ2) is 7.43. The van der Waals surface area contributed by atoms with E-state index in [0.717, 1.165) is 34.8 Å². The Balaban J connectivity index is 2.03. The topological polar surface area (TPSA) is 86.7 Å². The molecule has 2 aromatic carbocycles. The van der Waals surface area contributed by atoms with Crippen LogP contribution in [-0.4, -0.2) is 29.3 Å². The van der Waals surface area contributed by atoms with Crippen molar-refractivity contribution in [2.45, 2.75) is 13.2 Å². The van der Waals surface area contributed by atoms with E-state index in [1.807, 2.05) is 24.3 Å². The van der Waals surface area contributed by atoms with Gasteiger partial charge in [-0.25, -0.2) is 0 Å². The van der Waals surface area contributed by atoms with Gasteiger partial charge in [0.05, 0.1) is 25.7 Å². The van der Waals surface area contributed by atoms with Crippen LogP contribution in [0.25, 0.3) is 11.1 Å². The molecule has 0 saturated heterocycles. The zero-order chi connectivity index (χ0) is 17.8. The van der Waals surface area contributed by atoms with Gasteiger partial charge in [0.2, 0.25) is 0 Å². The van der Waals surface area contributed by atoms with Gasteiger partial charge in [0, 0.05) is 0 Å². The lowest BCUT2D eigenvalue weighted by Gasteiger charge is -2.06. The molecule has 130 valence electrons. The average Bonchev–Trinajstić information content (AvgIpc) is 2.51. The summed E-state index contributed by atoms with van der Waals surface area (Å²) in [6.45, 7) is 0.00175. The minimum Gasteiger partial charge on any atom is -0.265 e. The number of benzene rings is 2. The Labute approximate surface area is 142 Å². The average molecular weight is 370 g/mol. The molecule has 0 amide bonds. The quantitative estimate of drug-likeness (QED) is 0.695. The van der Waals surface area contributed by atoms with E-state index in [1.165, 1.54) is 0 Å². The Hall–Kier alpha value is -1.74. The Morgan fingerprint density at radius 3 is 1.17 bits per heavy atom. The molecule has 0 aliphatic heterocycles. The summed E-state index contributed by atoms with van der Waals surface area (Å²) in [5.74, 6) is 0. The van der Waals surface area contributed by atoms with Gasteiger partial charge < -0.3 is 0 Å². The maximum atomic E-state index is 11.0. The number of hydrogen-bond donors (Lipinski definition) is 0. The molecule has 2 rings (SSSR count). The summed E-state index contributed by atoms with van der Waals surface area (Å²) in [7, 11) is -6.92. The Kier molecular flexibility index (Phi) is 5.76. The molecule has 2 aromatic rings. The van der Waals surface area contributed by atoms with Crippen molar-refractivity contribution < 1.29 is 25.2 Å². The van der Waals surface area contributed by atoms with Crippen LogP contribution in [0.2, 0.25) is 0 Å². The Morgan fingerprint density at radius 2 is 0.917 bits per heavy atom. The van der Waals surface area contributed by atoms with Gasteiger partial charge in [0.15, 0.2) is 0 Å². The lowest BCUT2D eigenvalue weighted by atomic mass is 10.0. The minimum atomic E-state index is -3.46. The summed E-state index contributed by atoms with van der Waals surface area (Å²) in [5.41, 5.74) is 3.41. The van der Waals surface area contributed by atoms with Crippen molar-refractivity contribution in [3.8, 4) is 11.1 Å². The summed E-state index contributed by atoms with van der Waals surface area (Å²) in [6.07, 6.45) is 2.02. The maximum absolute atomic E-state index is 11.0. The van der Waals surface area contributed by atoms with Crippen LogP contribution in [-0.2, 0) is 41.8 Å². The lowest BCUT2D eigenvalue weighted by Crippen LogP contribution is -2.02. The van der Waals surface area contributed by atoms with E-state index < -0.39 is 20.2 Å². The van der Waals surface area contributed by atoms with E-state index in [9.17, 15) is 16.8 Å². The van der Waals surface area contributed by atoms with E-state index in [-0.39, 0.29) is 13.2 Å². The molecule has 0 N–H and O–H groups in total. The SMILES string of the molecule is CS(=O)(=O)OCc1ccc(-c2ccc(COS(C)(=O)=O)cc2)cc1. The van der Waals surface area contributed by atoms with E-state index in [2.05, 4.69) is 0 Å². The van der Waals surface area contributed by atoms with Gasteiger partial charge in [0.1, 0.15) is 0 Å². The first-order valence-electron chi connectivity index (χ1n) is 6.99. The van der Waals surface area contributed by atoms with Crippen LogP contribution >= 0.6 is 0 Å². The molecule has 24 heavy (non-hydrogen) atoms. The first-order chi connectivity index (χ1) is 11.1. The van der Waals surface area contributed by atoms with Crippen molar-refractivity contribution in [2.75, 3.05) is 12.5 Å². The molecule has 0 aliphatic carbocycles. The van der Waals surface area contributed by atoms with Gasteiger partial charge in [-0.2, -0.15) is 16.8 Å². The standard InChI is InChI=1S/C16H18O6S2/c1-23(17,18)21-11-13-3-7-15(8-4-13)16-9-5-14(6-10-16)12-22-24(2,19)20/h3-10H,11-12H2,1-2H3. The van der Waals surface area contributed by atoms with Gasteiger partial charge in [-0.3, -0.25) is 8.37 Å². The molecule has 0 atom stereocenters. The first-order valence-corrected chi connectivity index (χ1v) is 10.6. The molecular weight excluding hydrogens is 352 g/mol. The van der Waals surface area contributed by atoms with Gasteiger partial charge in [-0.05, 0) is 22.3 Å². The van der Waals surface area contributed by atoms with Gasteiger partial charge >= 0.3 is 0 Å². The van der Waals surface area contributed by atoms with Crippen LogP contribution in [0, 0.1) is 0 Å². The van der Waals surface area contributed by atoms with Crippen LogP contribution in [0.3, 0.4) is 0 Å². The van der Waals surface area contributed by atoms with Crippen molar-refractivity contribution in [3.05, 3.63) is 59.7 Å². The van der Waals surface area contributed by atoms with Crippen LogP contribution in [0.5, 0.6) is 0 Å². The summed E-state index contributed by atoms with van der Waals surface area (Å²) >= 11 is 0. The molecule has 0 unspecified atom stereocenters. The third-order valence-electron chi connectivity index (χ3n) is 3.12. The second-order valence-corrected chi connectivity index (χ2v) is 8.61. The van der Waals surface area contributed by atoms with Crippen molar-refractivity contribution in [3.63, 3.8) is 0 Å². The van der Waals surface area contributed by atoms with Crippen LogP contribution < -0.4 is 0 Å². The maximum Gasteiger partial charge on any atom is 0.264 e. The molecule has 0 spiro atoms. The molecule has 8 heteroatoms. The molecule has 0 radical (unpaired) electrons. The lowest BCUT2D eigenvalue weighted by molar-refractivity contribution is 0.311. The molecular formula is C16H18O6S2. The third kappa shape index (κ3) is 6.40. The third-order valence-corrected chi connectivity index (χ3v) is 4.21. The largest absolute Gasteiger partial charge is 0.265 e. The van der Waals surface area contributed by atoms with E-state index in [0.29, 0.717) is 0 Å².